The molecule has 0 saturated heterocycles. The van der Waals surface area contributed by atoms with Gasteiger partial charge >= 0.3 is 16.9 Å². The number of aromatic nitrogens is 18. The van der Waals surface area contributed by atoms with E-state index >= 15 is 0 Å². The molecule has 13 aromatic rings. The number of pyridine rings is 3. The zero-order valence-corrected chi connectivity index (χ0v) is 34.5. The number of hydrogen-bond donors (Lipinski definition) is 0. The van der Waals surface area contributed by atoms with Gasteiger partial charge in [-0.2, -0.15) is 19.6 Å². The first-order chi connectivity index (χ1) is 33.3. The van der Waals surface area contributed by atoms with Crippen molar-refractivity contribution < 1.29 is 17.8 Å². The molecule has 0 bridgehead atoms. The largest absolute Gasteiger partial charge is 0.325 e. The monoisotopic (exact) mass is 854 g/mol. The van der Waals surface area contributed by atoms with Crippen molar-refractivity contribution >= 4 is 50.8 Å². The van der Waals surface area contributed by atoms with Crippen LogP contribution < -0.4 is 13.7 Å². The molecule has 0 spiro atoms. The number of nitrogens with zero attached hydrogens (tertiary/aromatic N) is 18. The van der Waals surface area contributed by atoms with E-state index in [1.54, 1.807) is 41.6 Å². The highest BCUT2D eigenvalue weighted by molar-refractivity contribution is 5.80. The van der Waals surface area contributed by atoms with E-state index in [-0.39, 0.29) is 0 Å². The van der Waals surface area contributed by atoms with Gasteiger partial charge in [-0.25, -0.2) is 27.4 Å². The SMILES string of the molecule is C[n+]1c2n(c3nc4cccnn4c31)Cc1cnccc1-2.[2H]C([2H])([2H])[n+]1c2n(c3nc4cccnn4c31)Cc1cnccc1-2.c1ccc(-n2c3[n+](c4nc5cccnn5c42)Cc2cnccc2-3)cc1. The smallest absolute Gasteiger partial charge is 0.264 e. The lowest BCUT2D eigenvalue weighted by molar-refractivity contribution is -0.647. The highest BCUT2D eigenvalue weighted by Crippen LogP contribution is 2.35. The zero-order chi connectivity index (χ0) is 45.4. The van der Waals surface area contributed by atoms with Crippen LogP contribution >= 0.6 is 0 Å². The van der Waals surface area contributed by atoms with Crippen LogP contribution in [0.5, 0.6) is 0 Å². The Bertz CT molecular complexity index is 4210. The molecule has 0 N–H and O–H groups in total. The molecule has 12 aromatic heterocycles. The summed E-state index contributed by atoms with van der Waals surface area (Å²) in [5.41, 5.74) is 15.2. The van der Waals surface area contributed by atoms with Gasteiger partial charge in [0.1, 0.15) is 5.69 Å². The van der Waals surface area contributed by atoms with Crippen LogP contribution in [0.1, 0.15) is 20.8 Å². The maximum atomic E-state index is 7.99. The Hall–Kier alpha value is -9.06. The van der Waals surface area contributed by atoms with E-state index in [1.165, 1.54) is 32.6 Å². The second-order valence-corrected chi connectivity index (χ2v) is 16.1. The lowest BCUT2D eigenvalue weighted by Gasteiger charge is -2.03. The first-order valence-corrected chi connectivity index (χ1v) is 21.0. The van der Waals surface area contributed by atoms with Crippen LogP contribution in [0.3, 0.4) is 0 Å². The van der Waals surface area contributed by atoms with E-state index in [4.69, 9.17) is 14.1 Å². The zero-order valence-electron chi connectivity index (χ0n) is 37.5. The minimum atomic E-state index is -2.34. The number of rotatable bonds is 1. The number of hydrogen-bond acceptors (Lipinski definition) is 9. The Kier molecular flexibility index (Phi) is 6.64. The summed E-state index contributed by atoms with van der Waals surface area (Å²) in [5.74, 6) is 2.92. The summed E-state index contributed by atoms with van der Waals surface area (Å²) in [6.45, 7) is -0.183. The molecule has 3 aliphatic rings. The molecule has 0 radical (unpaired) electrons. The van der Waals surface area contributed by atoms with E-state index in [0.29, 0.717) is 29.3 Å². The molecule has 310 valence electrons. The Morgan fingerprint density at radius 1 is 0.523 bits per heavy atom. The Morgan fingerprint density at radius 2 is 1.05 bits per heavy atom. The van der Waals surface area contributed by atoms with E-state index in [0.717, 1.165) is 69.6 Å². The first kappa shape index (κ1) is 32.6. The van der Waals surface area contributed by atoms with Crippen LogP contribution in [-0.2, 0) is 33.7 Å². The summed E-state index contributed by atoms with van der Waals surface area (Å²) < 4.78 is 41.5. The van der Waals surface area contributed by atoms with Crippen LogP contribution in [0.15, 0.2) is 141 Å². The second kappa shape index (κ2) is 13.2. The van der Waals surface area contributed by atoms with Gasteiger partial charge < -0.3 is 0 Å². The van der Waals surface area contributed by atoms with Crippen molar-refractivity contribution in [1.82, 2.24) is 72.4 Å². The van der Waals surface area contributed by atoms with Crippen LogP contribution in [0.25, 0.3) is 90.7 Å². The number of imidazole rings is 6. The second-order valence-electron chi connectivity index (χ2n) is 16.1. The van der Waals surface area contributed by atoms with Crippen molar-refractivity contribution in [2.75, 3.05) is 0 Å². The van der Waals surface area contributed by atoms with Gasteiger partial charge in [0.15, 0.2) is 0 Å². The molecule has 15 heterocycles. The van der Waals surface area contributed by atoms with E-state index in [1.807, 2.05) is 80.8 Å². The molecule has 0 saturated carbocycles. The van der Waals surface area contributed by atoms with Crippen molar-refractivity contribution in [3.63, 3.8) is 0 Å². The molecule has 1 aromatic carbocycles. The van der Waals surface area contributed by atoms with E-state index in [9.17, 15) is 0 Å². The summed E-state index contributed by atoms with van der Waals surface area (Å²) in [7, 11) is 2.06. The third-order valence-corrected chi connectivity index (χ3v) is 12.5. The summed E-state index contributed by atoms with van der Waals surface area (Å²) in [6.07, 6.45) is 16.2. The van der Waals surface area contributed by atoms with Gasteiger partial charge in [-0.15, -0.1) is 19.2 Å². The lowest BCUT2D eigenvalue weighted by Crippen LogP contribution is -2.31. The van der Waals surface area contributed by atoms with Crippen LogP contribution in [-0.4, -0.2) is 72.4 Å². The lowest BCUT2D eigenvalue weighted by atomic mass is 10.1. The fourth-order valence-electron chi connectivity index (χ4n) is 9.80. The summed E-state index contributed by atoms with van der Waals surface area (Å²) in [6, 6.07) is 27.7. The van der Waals surface area contributed by atoms with Gasteiger partial charge in [0, 0.05) is 78.3 Å². The van der Waals surface area contributed by atoms with Crippen LogP contribution in [0.4, 0.5) is 0 Å². The predicted octanol–water partition coefficient (Wildman–Crippen LogP) is 4.25. The molecule has 65 heavy (non-hydrogen) atoms. The highest BCUT2D eigenvalue weighted by Gasteiger charge is 2.38. The molecule has 0 atom stereocenters. The summed E-state index contributed by atoms with van der Waals surface area (Å²) >= 11 is 0. The normalized spacial score (nSPS) is 13.8. The standard InChI is InChI=1S/C19H13N6.2C14H11N6/c1-2-5-14(6-3-1)24-18-15-8-10-20-11-13(15)12-23(18)17-19(24)25-16(22-17)7-4-9-21-25;2*1-18-13-10-4-6-15-7-9(10)8-19(13)12-14(18)20-11(17-12)3-2-5-16-20/h1-11H,12H2;2*2-7H,8H2,1H3/q3*+1/i;1D3;. The van der Waals surface area contributed by atoms with Gasteiger partial charge in [0.2, 0.25) is 34.4 Å². The van der Waals surface area contributed by atoms with Crippen LogP contribution in [0, 0.1) is 0 Å². The Balaban J connectivity index is 0.0000000971. The highest BCUT2D eigenvalue weighted by atomic mass is 15.4. The average molecular weight is 855 g/mol. The van der Waals surface area contributed by atoms with Crippen molar-refractivity contribution in [3.8, 4) is 39.9 Å². The molecule has 0 fully saturated rings. The van der Waals surface area contributed by atoms with Gasteiger partial charge in [-0.3, -0.25) is 15.0 Å². The van der Waals surface area contributed by atoms with E-state index < -0.39 is 6.98 Å². The Labute approximate surface area is 371 Å². The molecule has 0 unspecified atom stereocenters. The molecular weight excluding hydrogens is 817 g/mol. The average Bonchev–Trinajstić information content (AvgIpc) is 4.24. The first-order valence-electron chi connectivity index (χ1n) is 22.5. The minimum absolute atomic E-state index is 0.484. The molecule has 16 rings (SSSR count). The topological polar surface area (TPSA) is 156 Å². The third kappa shape index (κ3) is 4.92. The number of para-hydroxylation sites is 1. The number of aryl methyl sites for hydroxylation is 2. The van der Waals surface area contributed by atoms with Gasteiger partial charge in [-0.1, -0.05) is 23.2 Å². The predicted molar refractivity (Wildman–Crippen MR) is 236 cm³/mol. The maximum absolute atomic E-state index is 7.99. The van der Waals surface area contributed by atoms with Gasteiger partial charge in [0.25, 0.3) is 16.9 Å². The summed E-state index contributed by atoms with van der Waals surface area (Å²) in [5, 5.41) is 13.2. The van der Waals surface area contributed by atoms with E-state index in [2.05, 4.69) is 96.9 Å². The van der Waals surface area contributed by atoms with Crippen LogP contribution in [0.2, 0.25) is 0 Å². The van der Waals surface area contributed by atoms with Crippen molar-refractivity contribution in [3.05, 3.63) is 157 Å². The minimum Gasteiger partial charge on any atom is -0.264 e. The quantitative estimate of drug-likeness (QED) is 0.221. The number of benzene rings is 1. The Morgan fingerprint density at radius 3 is 1.65 bits per heavy atom. The number of fused-ring (bicyclic) bond motifs is 21. The van der Waals surface area contributed by atoms with Crippen molar-refractivity contribution in [1.29, 1.82) is 0 Å². The molecule has 0 amide bonds. The summed E-state index contributed by atoms with van der Waals surface area (Å²) in [4.78, 5) is 26.8. The molecule has 3 aliphatic heterocycles. The van der Waals surface area contributed by atoms with Gasteiger partial charge in [-0.05, 0) is 48.5 Å². The molecule has 18 heteroatoms. The van der Waals surface area contributed by atoms with Crippen molar-refractivity contribution in [2.45, 2.75) is 19.6 Å². The molecular formula is C47H35N18+3. The molecule has 18 nitrogen and oxygen atoms in total. The molecule has 0 aliphatic carbocycles. The van der Waals surface area contributed by atoms with Crippen molar-refractivity contribution in [2.24, 2.45) is 14.0 Å². The maximum Gasteiger partial charge on any atom is 0.325 e. The third-order valence-electron chi connectivity index (χ3n) is 12.5. The van der Waals surface area contributed by atoms with Gasteiger partial charge in [0.05, 0.1) is 66.9 Å². The fraction of sp³-hybridized carbons (Fsp3) is 0.106. The fourth-order valence-corrected chi connectivity index (χ4v) is 9.80.